The van der Waals surface area contributed by atoms with Crippen LogP contribution >= 0.6 is 0 Å². The number of rotatable bonds is 17. The van der Waals surface area contributed by atoms with E-state index in [2.05, 4.69) is 31.1 Å². The van der Waals surface area contributed by atoms with Crippen LogP contribution in [0.1, 0.15) is 62.0 Å². The molecular weight excluding hydrogens is 654 g/mol. The molecule has 0 spiro atoms. The Balaban J connectivity index is 1.50. The van der Waals surface area contributed by atoms with Crippen molar-refractivity contribution in [3.05, 3.63) is 108 Å². The molecule has 0 aliphatic carbocycles. The Kier molecular flexibility index (Phi) is 14.1. The number of hydrogen-bond acceptors (Lipinski definition) is 9. The number of aliphatic hydroxyl groups is 2. The molecule has 4 aromatic rings. The van der Waals surface area contributed by atoms with Gasteiger partial charge in [-0.15, -0.1) is 0 Å². The Morgan fingerprint density at radius 2 is 1.45 bits per heavy atom. The monoisotopic (exact) mass is 703 g/mol. The van der Waals surface area contributed by atoms with Crippen LogP contribution in [0.25, 0.3) is 0 Å². The summed E-state index contributed by atoms with van der Waals surface area (Å²) in [6.07, 6.45) is -0.560. The summed E-state index contributed by atoms with van der Waals surface area (Å²) >= 11 is 0. The summed E-state index contributed by atoms with van der Waals surface area (Å²) in [5.41, 5.74) is 2.74. The number of benzene rings is 2. The van der Waals surface area contributed by atoms with Crippen molar-refractivity contribution < 1.29 is 33.8 Å². The summed E-state index contributed by atoms with van der Waals surface area (Å²) in [6.45, 7) is 7.58. The number of ether oxygens (including phenoxy) is 1. The SMILES string of the molecule is CC(C)c1nc(CN(C)C(=O)N[C@H](C(=O)N[C@@H](Cc2ccccc2)[C@H](O)[C@H](O)[C@H](Cc2ccccc2)NC(=O)OCc2ccn[nH]2)C(C)C)co1. The summed E-state index contributed by atoms with van der Waals surface area (Å²) in [5.74, 6) is -0.224. The molecule has 51 heavy (non-hydrogen) atoms. The molecule has 274 valence electrons. The minimum atomic E-state index is -1.55. The largest absolute Gasteiger partial charge is 0.448 e. The topological polar surface area (TPSA) is 195 Å². The summed E-state index contributed by atoms with van der Waals surface area (Å²) < 4.78 is 10.8. The Morgan fingerprint density at radius 3 is 1.96 bits per heavy atom. The highest BCUT2D eigenvalue weighted by molar-refractivity contribution is 5.87. The van der Waals surface area contributed by atoms with E-state index in [0.29, 0.717) is 17.3 Å². The first kappa shape index (κ1) is 38.6. The fourth-order valence-electron chi connectivity index (χ4n) is 5.45. The molecule has 2 aromatic heterocycles. The van der Waals surface area contributed by atoms with Gasteiger partial charge in [0.1, 0.15) is 31.1 Å². The molecule has 4 rings (SSSR count). The van der Waals surface area contributed by atoms with Crippen LogP contribution in [0.5, 0.6) is 0 Å². The quantitative estimate of drug-likeness (QED) is 0.0951. The average Bonchev–Trinajstić information content (AvgIpc) is 3.82. The van der Waals surface area contributed by atoms with E-state index in [1.807, 2.05) is 74.5 Å². The van der Waals surface area contributed by atoms with E-state index in [1.54, 1.807) is 27.0 Å². The van der Waals surface area contributed by atoms with Crippen molar-refractivity contribution in [1.29, 1.82) is 0 Å². The maximum atomic E-state index is 13.9. The Labute approximate surface area is 298 Å². The number of H-pyrrole nitrogens is 1. The van der Waals surface area contributed by atoms with Gasteiger partial charge < -0.3 is 40.2 Å². The van der Waals surface area contributed by atoms with Gasteiger partial charge in [0, 0.05) is 19.2 Å². The minimum Gasteiger partial charge on any atom is -0.448 e. The number of carbonyl (C=O) groups is 3. The van der Waals surface area contributed by atoms with Gasteiger partial charge in [0.2, 0.25) is 5.91 Å². The van der Waals surface area contributed by atoms with Crippen LogP contribution in [-0.4, -0.2) is 85.7 Å². The molecule has 6 N–H and O–H groups in total. The van der Waals surface area contributed by atoms with Crippen molar-refractivity contribution in [3.8, 4) is 0 Å². The first-order valence-corrected chi connectivity index (χ1v) is 17.0. The predicted molar refractivity (Wildman–Crippen MR) is 189 cm³/mol. The average molecular weight is 704 g/mol. The maximum Gasteiger partial charge on any atom is 0.407 e. The van der Waals surface area contributed by atoms with Crippen LogP contribution < -0.4 is 16.0 Å². The smallest absolute Gasteiger partial charge is 0.407 e. The van der Waals surface area contributed by atoms with Crippen LogP contribution in [-0.2, 0) is 35.5 Å². The van der Waals surface area contributed by atoms with Crippen molar-refractivity contribution in [3.63, 3.8) is 0 Å². The second-order valence-corrected chi connectivity index (χ2v) is 13.2. The highest BCUT2D eigenvalue weighted by Gasteiger charge is 2.36. The van der Waals surface area contributed by atoms with Crippen LogP contribution in [0.3, 0.4) is 0 Å². The number of amides is 4. The number of aromatic amines is 1. The number of nitrogens with zero attached hydrogens (tertiary/aromatic N) is 3. The second kappa shape index (κ2) is 18.7. The van der Waals surface area contributed by atoms with Gasteiger partial charge in [-0.1, -0.05) is 88.4 Å². The number of hydrogen-bond donors (Lipinski definition) is 6. The third-order valence-electron chi connectivity index (χ3n) is 8.36. The molecule has 14 nitrogen and oxygen atoms in total. The third kappa shape index (κ3) is 11.7. The van der Waals surface area contributed by atoms with Crippen molar-refractivity contribution in [1.82, 2.24) is 36.0 Å². The molecule has 0 bridgehead atoms. The maximum absolute atomic E-state index is 13.9. The number of urea groups is 1. The lowest BCUT2D eigenvalue weighted by atomic mass is 9.90. The molecule has 0 saturated carbocycles. The lowest BCUT2D eigenvalue weighted by Gasteiger charge is -2.34. The van der Waals surface area contributed by atoms with Crippen molar-refractivity contribution in [2.24, 2.45) is 5.92 Å². The van der Waals surface area contributed by atoms with E-state index in [4.69, 9.17) is 9.15 Å². The fourth-order valence-corrected chi connectivity index (χ4v) is 5.45. The molecule has 0 aliphatic heterocycles. The van der Waals surface area contributed by atoms with Gasteiger partial charge in [-0.3, -0.25) is 9.89 Å². The van der Waals surface area contributed by atoms with Gasteiger partial charge in [-0.2, -0.15) is 5.10 Å². The summed E-state index contributed by atoms with van der Waals surface area (Å²) in [6, 6.07) is 16.5. The highest BCUT2D eigenvalue weighted by atomic mass is 16.5. The van der Waals surface area contributed by atoms with Crippen LogP contribution in [0.15, 0.2) is 83.6 Å². The molecule has 2 aromatic carbocycles. The van der Waals surface area contributed by atoms with Crippen molar-refractivity contribution in [2.45, 2.75) is 89.9 Å². The molecule has 0 fully saturated rings. The zero-order valence-corrected chi connectivity index (χ0v) is 29.7. The third-order valence-corrected chi connectivity index (χ3v) is 8.36. The summed E-state index contributed by atoms with van der Waals surface area (Å²) in [5, 5.41) is 38.3. The number of aliphatic hydroxyl groups excluding tert-OH is 2. The van der Waals surface area contributed by atoms with Gasteiger partial charge >= 0.3 is 12.1 Å². The molecule has 0 saturated heterocycles. The standard InChI is InChI=1S/C37H49N7O7/c1-23(2)31(42-36(48)44(5)20-28-22-50-35(39-28)24(3)4)34(47)40-29(18-25-12-8-6-9-13-25)32(45)33(46)30(19-26-14-10-7-11-15-26)41-37(49)51-21-27-16-17-38-43-27/h6-17,22-24,29-33,45-46H,18-21H2,1-5H3,(H,38,43)(H,40,47)(H,41,49)(H,42,48)/t29-,30-,31-,32-,33+/m0/s1. The Bertz CT molecular complexity index is 1650. The van der Waals surface area contributed by atoms with E-state index < -0.39 is 48.4 Å². The number of oxazole rings is 1. The van der Waals surface area contributed by atoms with E-state index in [0.717, 1.165) is 11.1 Å². The van der Waals surface area contributed by atoms with E-state index >= 15 is 0 Å². The lowest BCUT2D eigenvalue weighted by Crippen LogP contribution is -2.60. The van der Waals surface area contributed by atoms with Crippen LogP contribution in [0, 0.1) is 5.92 Å². The Hall–Kier alpha value is -5.21. The van der Waals surface area contributed by atoms with Gasteiger partial charge in [-0.05, 0) is 36.0 Å². The molecular formula is C37H49N7O7. The molecule has 14 heteroatoms. The van der Waals surface area contributed by atoms with Crippen LogP contribution in [0.4, 0.5) is 9.59 Å². The van der Waals surface area contributed by atoms with Crippen molar-refractivity contribution in [2.75, 3.05) is 7.05 Å². The number of carbonyl (C=O) groups excluding carboxylic acids is 3. The number of alkyl carbamates (subject to hydrolysis) is 1. The number of aromatic nitrogens is 3. The van der Waals surface area contributed by atoms with Crippen molar-refractivity contribution >= 4 is 18.0 Å². The molecule has 4 amide bonds. The normalized spacial score (nSPS) is 14.3. The van der Waals surface area contributed by atoms with Gasteiger partial charge in [0.15, 0.2) is 5.89 Å². The highest BCUT2D eigenvalue weighted by Crippen LogP contribution is 2.17. The lowest BCUT2D eigenvalue weighted by molar-refractivity contribution is -0.126. The number of nitrogens with one attached hydrogen (secondary N) is 4. The van der Waals surface area contributed by atoms with E-state index in [-0.39, 0.29) is 37.8 Å². The molecule has 0 aliphatic rings. The van der Waals surface area contributed by atoms with Gasteiger partial charge in [-0.25, -0.2) is 14.6 Å². The predicted octanol–water partition coefficient (Wildman–Crippen LogP) is 3.67. The first-order chi connectivity index (χ1) is 24.4. The molecule has 0 unspecified atom stereocenters. The summed E-state index contributed by atoms with van der Waals surface area (Å²) in [7, 11) is 1.59. The second-order valence-electron chi connectivity index (χ2n) is 13.2. The molecule has 2 heterocycles. The van der Waals surface area contributed by atoms with Gasteiger partial charge in [0.25, 0.3) is 0 Å². The zero-order chi connectivity index (χ0) is 36.9. The Morgan fingerprint density at radius 1 is 0.863 bits per heavy atom. The van der Waals surface area contributed by atoms with E-state index in [1.165, 1.54) is 17.4 Å². The summed E-state index contributed by atoms with van der Waals surface area (Å²) in [4.78, 5) is 45.8. The zero-order valence-electron chi connectivity index (χ0n) is 29.7. The first-order valence-electron chi connectivity index (χ1n) is 17.0. The van der Waals surface area contributed by atoms with Crippen LogP contribution in [0.2, 0.25) is 0 Å². The van der Waals surface area contributed by atoms with E-state index in [9.17, 15) is 24.6 Å². The minimum absolute atomic E-state index is 0.0791. The molecule has 0 radical (unpaired) electrons. The fraction of sp³-hybridized carbons (Fsp3) is 0.432. The molecule has 5 atom stereocenters. The van der Waals surface area contributed by atoms with Gasteiger partial charge in [0.05, 0.1) is 30.0 Å².